The lowest BCUT2D eigenvalue weighted by atomic mass is 10.1. The number of benzene rings is 2. The second-order valence-corrected chi connectivity index (χ2v) is 4.45. The largest absolute Gasteiger partial charge is 0.573 e. The van der Waals surface area contributed by atoms with Gasteiger partial charge in [0.2, 0.25) is 5.91 Å². The van der Waals surface area contributed by atoms with Crippen LogP contribution in [0.1, 0.15) is 11.6 Å². The number of anilines is 1. The molecule has 7 heteroatoms. The number of carbonyl (C=O) groups excluding carboxylic acids is 1. The zero-order chi connectivity index (χ0) is 16.2. The molecule has 0 aliphatic rings. The second-order valence-electron chi connectivity index (χ2n) is 4.45. The van der Waals surface area contributed by atoms with Crippen LogP contribution in [0, 0.1) is 0 Å². The fraction of sp³-hybridized carbons (Fsp3) is 0.133. The Kier molecular flexibility index (Phi) is 4.67. The Labute approximate surface area is 124 Å². The minimum Gasteiger partial charge on any atom is -0.406 e. The van der Waals surface area contributed by atoms with E-state index in [0.29, 0.717) is 11.3 Å². The predicted molar refractivity (Wildman–Crippen MR) is 75.1 cm³/mol. The molecule has 0 bridgehead atoms. The van der Waals surface area contributed by atoms with Crippen LogP contribution in [0.5, 0.6) is 5.75 Å². The Morgan fingerprint density at radius 1 is 1.05 bits per heavy atom. The van der Waals surface area contributed by atoms with Crippen molar-refractivity contribution in [1.82, 2.24) is 0 Å². The van der Waals surface area contributed by atoms with E-state index in [2.05, 4.69) is 10.1 Å². The van der Waals surface area contributed by atoms with Gasteiger partial charge in [-0.1, -0.05) is 30.3 Å². The summed E-state index contributed by atoms with van der Waals surface area (Å²) in [5, 5.41) is 2.53. The van der Waals surface area contributed by atoms with E-state index in [9.17, 15) is 18.0 Å². The molecule has 1 unspecified atom stereocenters. The van der Waals surface area contributed by atoms with Crippen LogP contribution in [0.25, 0.3) is 0 Å². The second kappa shape index (κ2) is 6.48. The van der Waals surface area contributed by atoms with E-state index in [0.717, 1.165) is 12.1 Å². The lowest BCUT2D eigenvalue weighted by Crippen LogP contribution is -2.27. The minimum atomic E-state index is -4.75. The van der Waals surface area contributed by atoms with Gasteiger partial charge in [-0.15, -0.1) is 13.2 Å². The van der Waals surface area contributed by atoms with Crippen LogP contribution in [0.3, 0.4) is 0 Å². The normalized spacial score (nSPS) is 12.5. The molecular formula is C15H13F3N2O2. The Hall–Kier alpha value is -2.54. The maximum Gasteiger partial charge on any atom is 0.573 e. The quantitative estimate of drug-likeness (QED) is 0.911. The summed E-state index contributed by atoms with van der Waals surface area (Å²) in [5.74, 6) is -0.825. The highest BCUT2D eigenvalue weighted by Crippen LogP contribution is 2.24. The van der Waals surface area contributed by atoms with Crippen LogP contribution in [0.2, 0.25) is 0 Å². The third-order valence-electron chi connectivity index (χ3n) is 2.80. The minimum absolute atomic E-state index is 0.325. The van der Waals surface area contributed by atoms with E-state index in [-0.39, 0.29) is 5.75 Å². The maximum atomic E-state index is 12.0. The molecular weight excluding hydrogens is 297 g/mol. The van der Waals surface area contributed by atoms with E-state index in [1.54, 1.807) is 30.3 Å². The highest BCUT2D eigenvalue weighted by Gasteiger charge is 2.31. The van der Waals surface area contributed by atoms with Crippen molar-refractivity contribution in [1.29, 1.82) is 0 Å². The number of halogens is 3. The van der Waals surface area contributed by atoms with Gasteiger partial charge in [0.25, 0.3) is 0 Å². The van der Waals surface area contributed by atoms with Crippen LogP contribution < -0.4 is 15.8 Å². The molecule has 0 saturated carbocycles. The van der Waals surface area contributed by atoms with Crippen molar-refractivity contribution in [2.24, 2.45) is 5.73 Å². The van der Waals surface area contributed by atoms with Crippen molar-refractivity contribution in [3.05, 3.63) is 60.2 Å². The molecule has 0 aliphatic carbocycles. The summed E-state index contributed by atoms with van der Waals surface area (Å²) in [6, 6.07) is 12.7. The molecule has 3 N–H and O–H groups in total. The summed E-state index contributed by atoms with van der Waals surface area (Å²) in [6.07, 6.45) is -4.75. The number of hydrogen-bond acceptors (Lipinski definition) is 3. The summed E-state index contributed by atoms with van der Waals surface area (Å²) < 4.78 is 39.9. The summed E-state index contributed by atoms with van der Waals surface area (Å²) in [5.41, 5.74) is 6.78. The van der Waals surface area contributed by atoms with E-state index in [1.807, 2.05) is 0 Å². The number of amides is 1. The lowest BCUT2D eigenvalue weighted by molar-refractivity contribution is -0.274. The van der Waals surface area contributed by atoms with Gasteiger partial charge in [0.05, 0.1) is 0 Å². The van der Waals surface area contributed by atoms with E-state index in [4.69, 9.17) is 5.73 Å². The molecule has 0 spiro atoms. The molecule has 0 saturated heterocycles. The Morgan fingerprint density at radius 2 is 1.64 bits per heavy atom. The molecule has 2 rings (SSSR count). The number of ether oxygens (including phenoxy) is 1. The third-order valence-corrected chi connectivity index (χ3v) is 2.80. The molecule has 2 aromatic rings. The first-order valence-electron chi connectivity index (χ1n) is 6.32. The third kappa shape index (κ3) is 4.49. The van der Waals surface area contributed by atoms with Crippen molar-refractivity contribution in [3.63, 3.8) is 0 Å². The monoisotopic (exact) mass is 310 g/mol. The maximum absolute atomic E-state index is 12.0. The molecule has 1 amide bonds. The number of nitrogens with two attached hydrogens (primary N) is 1. The Morgan fingerprint density at radius 3 is 2.18 bits per heavy atom. The van der Waals surface area contributed by atoms with E-state index >= 15 is 0 Å². The average Bonchev–Trinajstić information content (AvgIpc) is 2.48. The van der Waals surface area contributed by atoms with Crippen molar-refractivity contribution in [2.45, 2.75) is 12.4 Å². The molecule has 1 atom stereocenters. The van der Waals surface area contributed by atoms with Crippen LogP contribution in [0.15, 0.2) is 54.6 Å². The highest BCUT2D eigenvalue weighted by molar-refractivity contribution is 5.95. The van der Waals surface area contributed by atoms with Gasteiger partial charge in [0, 0.05) is 5.69 Å². The van der Waals surface area contributed by atoms with Gasteiger partial charge < -0.3 is 15.8 Å². The molecule has 0 fully saturated rings. The first-order valence-corrected chi connectivity index (χ1v) is 6.32. The van der Waals surface area contributed by atoms with Crippen LogP contribution in [-0.4, -0.2) is 12.3 Å². The number of carbonyl (C=O) groups is 1. The fourth-order valence-electron chi connectivity index (χ4n) is 1.77. The van der Waals surface area contributed by atoms with Crippen LogP contribution in [0.4, 0.5) is 18.9 Å². The first kappa shape index (κ1) is 15.8. The van der Waals surface area contributed by atoms with Gasteiger partial charge in [0.1, 0.15) is 11.8 Å². The SMILES string of the molecule is NC(C(=O)Nc1ccc(OC(F)(F)F)cc1)c1ccccc1. The standard InChI is InChI=1S/C15H13F3N2O2/c16-15(17,18)22-12-8-6-11(7-9-12)20-14(21)13(19)10-4-2-1-3-5-10/h1-9,13H,19H2,(H,20,21). The summed E-state index contributed by atoms with van der Waals surface area (Å²) in [6.45, 7) is 0. The van der Waals surface area contributed by atoms with Gasteiger partial charge in [-0.2, -0.15) is 0 Å². The highest BCUT2D eigenvalue weighted by atomic mass is 19.4. The first-order chi connectivity index (χ1) is 10.3. The number of alkyl halides is 3. The van der Waals surface area contributed by atoms with E-state index in [1.165, 1.54) is 12.1 Å². The number of rotatable bonds is 4. The van der Waals surface area contributed by atoms with Crippen LogP contribution >= 0.6 is 0 Å². The Bertz CT molecular complexity index is 627. The van der Waals surface area contributed by atoms with Gasteiger partial charge >= 0.3 is 6.36 Å². The average molecular weight is 310 g/mol. The summed E-state index contributed by atoms with van der Waals surface area (Å²) in [7, 11) is 0. The smallest absolute Gasteiger partial charge is 0.406 e. The van der Waals surface area contributed by atoms with Crippen molar-refractivity contribution in [3.8, 4) is 5.75 Å². The molecule has 0 aromatic heterocycles. The molecule has 0 aliphatic heterocycles. The molecule has 2 aromatic carbocycles. The summed E-state index contributed by atoms with van der Waals surface area (Å²) >= 11 is 0. The van der Waals surface area contributed by atoms with Gasteiger partial charge in [-0.25, -0.2) is 0 Å². The summed E-state index contributed by atoms with van der Waals surface area (Å²) in [4.78, 5) is 12.0. The Balaban J connectivity index is 2.00. The topological polar surface area (TPSA) is 64.4 Å². The van der Waals surface area contributed by atoms with Crippen molar-refractivity contribution < 1.29 is 22.7 Å². The van der Waals surface area contributed by atoms with Gasteiger partial charge in [-0.3, -0.25) is 4.79 Å². The van der Waals surface area contributed by atoms with Gasteiger partial charge in [0.15, 0.2) is 0 Å². The fourth-order valence-corrected chi connectivity index (χ4v) is 1.77. The predicted octanol–water partition coefficient (Wildman–Crippen LogP) is 3.22. The lowest BCUT2D eigenvalue weighted by Gasteiger charge is -2.13. The zero-order valence-corrected chi connectivity index (χ0v) is 11.3. The number of hydrogen-bond donors (Lipinski definition) is 2. The molecule has 116 valence electrons. The number of nitrogens with one attached hydrogen (secondary N) is 1. The molecule has 4 nitrogen and oxygen atoms in total. The van der Waals surface area contributed by atoms with Crippen molar-refractivity contribution >= 4 is 11.6 Å². The van der Waals surface area contributed by atoms with Crippen LogP contribution in [-0.2, 0) is 4.79 Å². The molecule has 0 radical (unpaired) electrons. The van der Waals surface area contributed by atoms with Crippen molar-refractivity contribution in [2.75, 3.05) is 5.32 Å². The molecule has 0 heterocycles. The van der Waals surface area contributed by atoms with Gasteiger partial charge in [-0.05, 0) is 29.8 Å². The van der Waals surface area contributed by atoms with E-state index < -0.39 is 18.3 Å². The zero-order valence-electron chi connectivity index (χ0n) is 11.3. The molecule has 22 heavy (non-hydrogen) atoms.